The van der Waals surface area contributed by atoms with Gasteiger partial charge >= 0.3 is 0 Å². The molecule has 1 unspecified atom stereocenters. The highest BCUT2D eigenvalue weighted by Gasteiger charge is 2.26. The van der Waals surface area contributed by atoms with E-state index < -0.39 is 0 Å². The predicted octanol–water partition coefficient (Wildman–Crippen LogP) is 1.14. The van der Waals surface area contributed by atoms with E-state index in [0.717, 1.165) is 19.4 Å². The van der Waals surface area contributed by atoms with E-state index >= 15 is 0 Å². The molecule has 0 saturated carbocycles. The first kappa shape index (κ1) is 10.9. The quantitative estimate of drug-likeness (QED) is 0.812. The Kier molecular flexibility index (Phi) is 3.03. The molecule has 0 radical (unpaired) electrons. The molecule has 0 bridgehead atoms. The minimum atomic E-state index is -0.0189. The SMILES string of the molecule is CNc1cncc(C(=O)N2CCCC2C)n1. The molecule has 2 rings (SSSR count). The molecule has 1 N–H and O–H groups in total. The van der Waals surface area contributed by atoms with Gasteiger partial charge in [-0.15, -0.1) is 0 Å². The monoisotopic (exact) mass is 220 g/mol. The number of rotatable bonds is 2. The van der Waals surface area contributed by atoms with Gasteiger partial charge in [-0.3, -0.25) is 9.78 Å². The Morgan fingerprint density at radius 2 is 2.38 bits per heavy atom. The summed E-state index contributed by atoms with van der Waals surface area (Å²) in [6, 6.07) is 0.313. The van der Waals surface area contributed by atoms with Gasteiger partial charge in [-0.25, -0.2) is 4.98 Å². The zero-order valence-electron chi connectivity index (χ0n) is 9.60. The van der Waals surface area contributed by atoms with Crippen LogP contribution in [0.5, 0.6) is 0 Å². The first-order valence-electron chi connectivity index (χ1n) is 5.53. The van der Waals surface area contributed by atoms with Crippen LogP contribution in [-0.2, 0) is 0 Å². The van der Waals surface area contributed by atoms with Crippen LogP contribution in [0.15, 0.2) is 12.4 Å². The molecule has 1 atom stereocenters. The van der Waals surface area contributed by atoms with Gasteiger partial charge in [0, 0.05) is 19.6 Å². The van der Waals surface area contributed by atoms with Crippen LogP contribution in [0.3, 0.4) is 0 Å². The Morgan fingerprint density at radius 1 is 1.56 bits per heavy atom. The molecule has 1 aliphatic heterocycles. The standard InChI is InChI=1S/C11H16N4O/c1-8-4-3-5-15(8)11(16)9-6-13-7-10(12-2)14-9/h6-8H,3-5H2,1-2H3,(H,12,14). The molecule has 1 aromatic heterocycles. The molecule has 1 aliphatic rings. The van der Waals surface area contributed by atoms with Gasteiger partial charge in [-0.1, -0.05) is 0 Å². The summed E-state index contributed by atoms with van der Waals surface area (Å²) >= 11 is 0. The molecular weight excluding hydrogens is 204 g/mol. The summed E-state index contributed by atoms with van der Waals surface area (Å²) in [5.41, 5.74) is 0.417. The lowest BCUT2D eigenvalue weighted by atomic mass is 10.2. The van der Waals surface area contributed by atoms with E-state index in [0.29, 0.717) is 17.6 Å². The average molecular weight is 220 g/mol. The van der Waals surface area contributed by atoms with Gasteiger partial charge in [0.15, 0.2) is 0 Å². The van der Waals surface area contributed by atoms with Gasteiger partial charge in [-0.2, -0.15) is 0 Å². The third-order valence-electron chi connectivity index (χ3n) is 2.92. The van der Waals surface area contributed by atoms with Crippen LogP contribution in [-0.4, -0.2) is 40.4 Å². The highest BCUT2D eigenvalue weighted by molar-refractivity contribution is 5.92. The van der Waals surface area contributed by atoms with Crippen molar-refractivity contribution in [2.24, 2.45) is 0 Å². The molecule has 2 heterocycles. The number of nitrogens with zero attached hydrogens (tertiary/aromatic N) is 3. The molecule has 1 fully saturated rings. The molecule has 5 heteroatoms. The summed E-state index contributed by atoms with van der Waals surface area (Å²) in [7, 11) is 1.76. The van der Waals surface area contributed by atoms with Gasteiger partial charge < -0.3 is 10.2 Å². The third kappa shape index (κ3) is 1.98. The molecule has 1 saturated heterocycles. The molecule has 0 aliphatic carbocycles. The fourth-order valence-electron chi connectivity index (χ4n) is 1.97. The van der Waals surface area contributed by atoms with E-state index in [1.165, 1.54) is 6.20 Å². The van der Waals surface area contributed by atoms with E-state index in [4.69, 9.17) is 0 Å². The highest BCUT2D eigenvalue weighted by atomic mass is 16.2. The van der Waals surface area contributed by atoms with Gasteiger partial charge in [0.25, 0.3) is 5.91 Å². The van der Waals surface area contributed by atoms with Crippen molar-refractivity contribution in [3.8, 4) is 0 Å². The van der Waals surface area contributed by atoms with Gasteiger partial charge in [0.2, 0.25) is 0 Å². The van der Waals surface area contributed by atoms with Crippen LogP contribution >= 0.6 is 0 Å². The molecule has 5 nitrogen and oxygen atoms in total. The number of carbonyl (C=O) groups is 1. The van der Waals surface area contributed by atoms with Crippen molar-refractivity contribution in [2.45, 2.75) is 25.8 Å². The van der Waals surface area contributed by atoms with E-state index in [-0.39, 0.29) is 5.91 Å². The normalized spacial score (nSPS) is 19.9. The molecule has 1 amide bonds. The first-order chi connectivity index (χ1) is 7.72. The zero-order chi connectivity index (χ0) is 11.5. The predicted molar refractivity (Wildman–Crippen MR) is 61.3 cm³/mol. The number of hydrogen-bond donors (Lipinski definition) is 1. The second-order valence-electron chi connectivity index (χ2n) is 4.03. The van der Waals surface area contributed by atoms with Gasteiger partial charge in [-0.05, 0) is 19.8 Å². The van der Waals surface area contributed by atoms with Gasteiger partial charge in [0.1, 0.15) is 11.5 Å². The Morgan fingerprint density at radius 3 is 3.00 bits per heavy atom. The topological polar surface area (TPSA) is 58.1 Å². The maximum atomic E-state index is 12.1. The van der Waals surface area contributed by atoms with Crippen molar-refractivity contribution in [1.82, 2.24) is 14.9 Å². The first-order valence-corrected chi connectivity index (χ1v) is 5.53. The van der Waals surface area contributed by atoms with E-state index in [9.17, 15) is 4.79 Å². The molecular formula is C11H16N4O. The molecule has 1 aromatic rings. The number of amides is 1. The molecule has 0 spiro atoms. The Bertz CT molecular complexity index is 393. The number of anilines is 1. The minimum Gasteiger partial charge on any atom is -0.372 e. The average Bonchev–Trinajstić information content (AvgIpc) is 2.74. The van der Waals surface area contributed by atoms with Crippen molar-refractivity contribution in [1.29, 1.82) is 0 Å². The molecule has 86 valence electrons. The van der Waals surface area contributed by atoms with Crippen LogP contribution < -0.4 is 5.32 Å². The summed E-state index contributed by atoms with van der Waals surface area (Å²) in [6.07, 6.45) is 5.27. The van der Waals surface area contributed by atoms with Crippen LogP contribution in [0, 0.1) is 0 Å². The summed E-state index contributed by atoms with van der Waals surface area (Å²) in [4.78, 5) is 22.2. The minimum absolute atomic E-state index is 0.0189. The highest BCUT2D eigenvalue weighted by Crippen LogP contribution is 2.18. The summed E-state index contributed by atoms with van der Waals surface area (Å²) in [5, 5.41) is 2.88. The fourth-order valence-corrected chi connectivity index (χ4v) is 1.97. The zero-order valence-corrected chi connectivity index (χ0v) is 9.60. The van der Waals surface area contributed by atoms with Crippen LogP contribution in [0.25, 0.3) is 0 Å². The van der Waals surface area contributed by atoms with E-state index in [1.54, 1.807) is 13.2 Å². The lowest BCUT2D eigenvalue weighted by molar-refractivity contribution is 0.0741. The number of aromatic nitrogens is 2. The fraction of sp³-hybridized carbons (Fsp3) is 0.545. The van der Waals surface area contributed by atoms with E-state index in [1.807, 2.05) is 4.90 Å². The number of hydrogen-bond acceptors (Lipinski definition) is 4. The van der Waals surface area contributed by atoms with Crippen LogP contribution in [0.1, 0.15) is 30.3 Å². The van der Waals surface area contributed by atoms with Crippen molar-refractivity contribution < 1.29 is 4.79 Å². The van der Waals surface area contributed by atoms with Crippen LogP contribution in [0.4, 0.5) is 5.82 Å². The summed E-state index contributed by atoms with van der Waals surface area (Å²) < 4.78 is 0. The smallest absolute Gasteiger partial charge is 0.274 e. The van der Waals surface area contributed by atoms with E-state index in [2.05, 4.69) is 22.2 Å². The van der Waals surface area contributed by atoms with Crippen molar-refractivity contribution >= 4 is 11.7 Å². The van der Waals surface area contributed by atoms with Crippen molar-refractivity contribution in [3.05, 3.63) is 18.1 Å². The Balaban J connectivity index is 2.19. The summed E-state index contributed by atoms with van der Waals surface area (Å²) in [5.74, 6) is 0.604. The Labute approximate surface area is 94.9 Å². The van der Waals surface area contributed by atoms with Gasteiger partial charge in [0.05, 0.1) is 12.4 Å². The maximum Gasteiger partial charge on any atom is 0.274 e. The Hall–Kier alpha value is -1.65. The second kappa shape index (κ2) is 4.47. The number of carbonyl (C=O) groups excluding carboxylic acids is 1. The maximum absolute atomic E-state index is 12.1. The van der Waals surface area contributed by atoms with Crippen LogP contribution in [0.2, 0.25) is 0 Å². The lowest BCUT2D eigenvalue weighted by Gasteiger charge is -2.20. The largest absolute Gasteiger partial charge is 0.372 e. The van der Waals surface area contributed by atoms with Crippen molar-refractivity contribution in [2.75, 3.05) is 18.9 Å². The second-order valence-corrected chi connectivity index (χ2v) is 4.03. The molecule has 0 aromatic carbocycles. The van der Waals surface area contributed by atoms with Crippen molar-refractivity contribution in [3.63, 3.8) is 0 Å². The summed E-state index contributed by atoms with van der Waals surface area (Å²) in [6.45, 7) is 2.89. The number of likely N-dealkylation sites (tertiary alicyclic amines) is 1. The molecule has 16 heavy (non-hydrogen) atoms. The lowest BCUT2D eigenvalue weighted by Crippen LogP contribution is -2.34. The third-order valence-corrected chi connectivity index (χ3v) is 2.92. The number of nitrogens with one attached hydrogen (secondary N) is 1.